The fraction of sp³-hybridized carbons (Fsp3) is 0.333. The lowest BCUT2D eigenvalue weighted by molar-refractivity contribution is -0.124. The van der Waals surface area contributed by atoms with Crippen molar-refractivity contribution >= 4 is 17.5 Å². The minimum Gasteiger partial charge on any atom is -0.494 e. The molecule has 0 spiro atoms. The van der Waals surface area contributed by atoms with Crippen LogP contribution in [0.25, 0.3) is 0 Å². The first-order valence-corrected chi connectivity index (χ1v) is 8.93. The number of carbonyl (C=O) groups is 2. The van der Waals surface area contributed by atoms with Crippen molar-refractivity contribution in [2.75, 3.05) is 24.6 Å². The van der Waals surface area contributed by atoms with Gasteiger partial charge in [0.15, 0.2) is 0 Å². The van der Waals surface area contributed by atoms with Gasteiger partial charge in [0.1, 0.15) is 11.8 Å². The minimum atomic E-state index is -0.508. The first kappa shape index (κ1) is 18.0. The second-order valence-corrected chi connectivity index (χ2v) is 6.41. The van der Waals surface area contributed by atoms with Gasteiger partial charge in [-0.3, -0.25) is 9.59 Å². The highest BCUT2D eigenvalue weighted by atomic mass is 16.5. The van der Waals surface area contributed by atoms with Crippen molar-refractivity contribution in [3.8, 4) is 5.75 Å². The van der Waals surface area contributed by atoms with Crippen LogP contribution in [0.15, 0.2) is 48.5 Å². The van der Waals surface area contributed by atoms with E-state index in [-0.39, 0.29) is 11.8 Å². The molecule has 5 nitrogen and oxygen atoms in total. The van der Waals surface area contributed by atoms with Crippen LogP contribution in [0.1, 0.15) is 29.8 Å². The normalized spacial score (nSPS) is 17.3. The second kappa shape index (κ2) is 7.60. The maximum atomic E-state index is 12.9. The van der Waals surface area contributed by atoms with E-state index in [4.69, 9.17) is 4.74 Å². The van der Waals surface area contributed by atoms with Crippen molar-refractivity contribution in [1.82, 2.24) is 4.90 Å². The number of amides is 2. The molecule has 5 heteroatoms. The average molecular weight is 352 g/mol. The first-order valence-electron chi connectivity index (χ1n) is 8.93. The highest BCUT2D eigenvalue weighted by Crippen LogP contribution is 2.25. The standard InChI is InChI=1S/C21H24N2O3/c1-4-26-18-10-7-9-17(14-18)23-13-12-22(16(3)20(23)24)21(25)19-11-6-5-8-15(19)2/h5-11,14,16H,4,12-13H2,1-3H3. The fourth-order valence-corrected chi connectivity index (χ4v) is 3.28. The van der Waals surface area contributed by atoms with Gasteiger partial charge < -0.3 is 14.5 Å². The van der Waals surface area contributed by atoms with Crippen molar-refractivity contribution in [3.63, 3.8) is 0 Å². The van der Waals surface area contributed by atoms with Gasteiger partial charge in [-0.05, 0) is 44.5 Å². The van der Waals surface area contributed by atoms with E-state index >= 15 is 0 Å². The Labute approximate surface area is 154 Å². The Kier molecular flexibility index (Phi) is 5.26. The monoisotopic (exact) mass is 352 g/mol. The van der Waals surface area contributed by atoms with Crippen LogP contribution in [0.5, 0.6) is 5.75 Å². The molecule has 1 aliphatic rings. The summed E-state index contributed by atoms with van der Waals surface area (Å²) in [5.41, 5.74) is 2.37. The highest BCUT2D eigenvalue weighted by Gasteiger charge is 2.35. The molecule has 0 aromatic heterocycles. The third-order valence-corrected chi connectivity index (χ3v) is 4.73. The second-order valence-electron chi connectivity index (χ2n) is 6.41. The number of hydrogen-bond acceptors (Lipinski definition) is 3. The lowest BCUT2D eigenvalue weighted by Gasteiger charge is -2.39. The molecule has 0 N–H and O–H groups in total. The lowest BCUT2D eigenvalue weighted by Crippen LogP contribution is -2.57. The maximum absolute atomic E-state index is 12.9. The van der Waals surface area contributed by atoms with Crippen LogP contribution in [0, 0.1) is 6.92 Å². The first-order chi connectivity index (χ1) is 12.5. The van der Waals surface area contributed by atoms with Crippen LogP contribution in [0.4, 0.5) is 5.69 Å². The van der Waals surface area contributed by atoms with Gasteiger partial charge in [-0.15, -0.1) is 0 Å². The molecule has 0 aliphatic carbocycles. The van der Waals surface area contributed by atoms with Gasteiger partial charge in [-0.1, -0.05) is 24.3 Å². The van der Waals surface area contributed by atoms with Gasteiger partial charge in [0.25, 0.3) is 5.91 Å². The molecule has 1 fully saturated rings. The molecule has 0 bridgehead atoms. The Morgan fingerprint density at radius 3 is 2.65 bits per heavy atom. The Balaban J connectivity index is 1.80. The van der Waals surface area contributed by atoms with Crippen LogP contribution in [0.2, 0.25) is 0 Å². The van der Waals surface area contributed by atoms with E-state index in [2.05, 4.69) is 0 Å². The number of nitrogens with zero attached hydrogens (tertiary/aromatic N) is 2. The van der Waals surface area contributed by atoms with Gasteiger partial charge in [0, 0.05) is 30.4 Å². The van der Waals surface area contributed by atoms with Crippen LogP contribution in [-0.2, 0) is 4.79 Å². The number of benzene rings is 2. The summed E-state index contributed by atoms with van der Waals surface area (Å²) < 4.78 is 5.53. The minimum absolute atomic E-state index is 0.0770. The van der Waals surface area contributed by atoms with E-state index in [9.17, 15) is 9.59 Å². The zero-order valence-electron chi connectivity index (χ0n) is 15.4. The zero-order chi connectivity index (χ0) is 18.7. The SMILES string of the molecule is CCOc1cccc(N2CCN(C(=O)c3ccccc3C)C(C)C2=O)c1. The summed E-state index contributed by atoms with van der Waals surface area (Å²) in [4.78, 5) is 29.2. The molecular formula is C21H24N2O3. The molecule has 0 saturated carbocycles. The number of ether oxygens (including phenoxy) is 1. The summed E-state index contributed by atoms with van der Waals surface area (Å²) >= 11 is 0. The molecular weight excluding hydrogens is 328 g/mol. The Morgan fingerprint density at radius 2 is 1.92 bits per heavy atom. The summed E-state index contributed by atoms with van der Waals surface area (Å²) in [5, 5.41) is 0. The summed E-state index contributed by atoms with van der Waals surface area (Å²) in [6.45, 7) is 7.17. The van der Waals surface area contributed by atoms with Crippen molar-refractivity contribution in [3.05, 3.63) is 59.7 Å². The predicted molar refractivity (Wildman–Crippen MR) is 102 cm³/mol. The van der Waals surface area contributed by atoms with Crippen molar-refractivity contribution in [1.29, 1.82) is 0 Å². The number of carbonyl (C=O) groups excluding carboxylic acids is 2. The van der Waals surface area contributed by atoms with Crippen molar-refractivity contribution in [2.45, 2.75) is 26.8 Å². The van der Waals surface area contributed by atoms with E-state index in [1.165, 1.54) is 0 Å². The summed E-state index contributed by atoms with van der Waals surface area (Å²) in [7, 11) is 0. The Bertz CT molecular complexity index is 818. The molecule has 1 saturated heterocycles. The van der Waals surface area contributed by atoms with Crippen molar-refractivity contribution in [2.24, 2.45) is 0 Å². The zero-order valence-corrected chi connectivity index (χ0v) is 15.4. The van der Waals surface area contributed by atoms with Gasteiger partial charge in [0.05, 0.1) is 6.61 Å². The smallest absolute Gasteiger partial charge is 0.254 e. The summed E-state index contributed by atoms with van der Waals surface area (Å²) in [5.74, 6) is 0.572. The quantitative estimate of drug-likeness (QED) is 0.848. The highest BCUT2D eigenvalue weighted by molar-refractivity contribution is 6.04. The molecule has 136 valence electrons. The molecule has 2 aromatic carbocycles. The Morgan fingerprint density at radius 1 is 1.15 bits per heavy atom. The van der Waals surface area contributed by atoms with Gasteiger partial charge in [-0.2, -0.15) is 0 Å². The van der Waals surface area contributed by atoms with E-state index in [1.54, 1.807) is 16.7 Å². The van der Waals surface area contributed by atoms with Crippen LogP contribution >= 0.6 is 0 Å². The number of piperazine rings is 1. The molecule has 3 rings (SSSR count). The summed E-state index contributed by atoms with van der Waals surface area (Å²) in [6.07, 6.45) is 0. The van der Waals surface area contributed by atoms with E-state index < -0.39 is 6.04 Å². The molecule has 2 amide bonds. The topological polar surface area (TPSA) is 49.9 Å². The van der Waals surface area contributed by atoms with Gasteiger partial charge in [0.2, 0.25) is 5.91 Å². The van der Waals surface area contributed by atoms with E-state index in [0.717, 1.165) is 17.0 Å². The number of rotatable bonds is 4. The van der Waals surface area contributed by atoms with Gasteiger partial charge >= 0.3 is 0 Å². The maximum Gasteiger partial charge on any atom is 0.254 e. The third kappa shape index (κ3) is 3.43. The molecule has 1 aliphatic heterocycles. The average Bonchev–Trinajstić information content (AvgIpc) is 2.64. The molecule has 1 unspecified atom stereocenters. The van der Waals surface area contributed by atoms with Crippen LogP contribution in [-0.4, -0.2) is 42.5 Å². The molecule has 0 radical (unpaired) electrons. The largest absolute Gasteiger partial charge is 0.494 e. The summed E-state index contributed by atoms with van der Waals surface area (Å²) in [6, 6.07) is 14.5. The fourth-order valence-electron chi connectivity index (χ4n) is 3.28. The van der Waals surface area contributed by atoms with Crippen molar-refractivity contribution < 1.29 is 14.3 Å². The van der Waals surface area contributed by atoms with E-state index in [0.29, 0.717) is 25.3 Å². The number of anilines is 1. The number of hydrogen-bond donors (Lipinski definition) is 0. The number of aryl methyl sites for hydroxylation is 1. The van der Waals surface area contributed by atoms with E-state index in [1.807, 2.05) is 62.4 Å². The van der Waals surface area contributed by atoms with Gasteiger partial charge in [-0.25, -0.2) is 0 Å². The molecule has 2 aromatic rings. The molecule has 26 heavy (non-hydrogen) atoms. The predicted octanol–water partition coefficient (Wildman–Crippen LogP) is 3.27. The van der Waals surface area contributed by atoms with Crippen LogP contribution in [0.3, 0.4) is 0 Å². The molecule has 1 atom stereocenters. The third-order valence-electron chi connectivity index (χ3n) is 4.73. The Hall–Kier alpha value is -2.82. The lowest BCUT2D eigenvalue weighted by atomic mass is 10.0. The molecule has 1 heterocycles. The van der Waals surface area contributed by atoms with Crippen LogP contribution < -0.4 is 9.64 Å².